The molecule has 2 heterocycles. The van der Waals surface area contributed by atoms with Gasteiger partial charge in [0.15, 0.2) is 0 Å². The van der Waals surface area contributed by atoms with E-state index in [1.54, 1.807) is 25.1 Å². The van der Waals surface area contributed by atoms with E-state index in [-0.39, 0.29) is 23.9 Å². The number of rotatable bonds is 5. The molecule has 1 saturated heterocycles. The molecular formula is C20H25FN4O. The molecule has 0 bridgehead atoms. The number of halogens is 1. The molecule has 1 fully saturated rings. The van der Waals surface area contributed by atoms with Gasteiger partial charge >= 0.3 is 6.03 Å². The summed E-state index contributed by atoms with van der Waals surface area (Å²) in [5.41, 5.74) is 1.75. The number of hydrogen-bond acceptors (Lipinski definition) is 3. The molecule has 0 unspecified atom stereocenters. The summed E-state index contributed by atoms with van der Waals surface area (Å²) in [5, 5.41) is 5.84. The molecule has 0 radical (unpaired) electrons. The predicted molar refractivity (Wildman–Crippen MR) is 99.0 cm³/mol. The number of carbonyl (C=O) groups excluding carboxylic acids is 1. The van der Waals surface area contributed by atoms with Crippen molar-refractivity contribution < 1.29 is 9.18 Å². The number of nitrogens with zero attached hydrogens (tertiary/aromatic N) is 2. The predicted octanol–water partition coefficient (Wildman–Crippen LogP) is 3.25. The molecule has 6 heteroatoms. The molecule has 1 aliphatic heterocycles. The summed E-state index contributed by atoms with van der Waals surface area (Å²) in [6.07, 6.45) is 5.44. The first-order valence-electron chi connectivity index (χ1n) is 9.04. The van der Waals surface area contributed by atoms with Gasteiger partial charge in [0.1, 0.15) is 5.82 Å². The number of carbonyl (C=O) groups is 1. The molecule has 0 aliphatic carbocycles. The first-order valence-corrected chi connectivity index (χ1v) is 9.04. The third-order valence-electron chi connectivity index (χ3n) is 4.80. The number of piperidine rings is 1. The monoisotopic (exact) mass is 356 g/mol. The fraction of sp³-hybridized carbons (Fsp3) is 0.400. The Morgan fingerprint density at radius 3 is 2.62 bits per heavy atom. The minimum atomic E-state index is -0.372. The maximum Gasteiger partial charge on any atom is 0.315 e. The fourth-order valence-electron chi connectivity index (χ4n) is 3.31. The Hall–Kier alpha value is -2.47. The van der Waals surface area contributed by atoms with Gasteiger partial charge in [0.2, 0.25) is 0 Å². The lowest BCUT2D eigenvalue weighted by atomic mass is 10.0. The van der Waals surface area contributed by atoms with Crippen molar-refractivity contribution in [2.75, 3.05) is 13.1 Å². The van der Waals surface area contributed by atoms with E-state index in [4.69, 9.17) is 0 Å². The van der Waals surface area contributed by atoms with Crippen LogP contribution in [-0.4, -0.2) is 35.0 Å². The Morgan fingerprint density at radius 2 is 1.92 bits per heavy atom. The molecule has 1 aliphatic rings. The summed E-state index contributed by atoms with van der Waals surface area (Å²) < 4.78 is 13.8. The van der Waals surface area contributed by atoms with Crippen LogP contribution in [0.5, 0.6) is 0 Å². The van der Waals surface area contributed by atoms with E-state index in [0.29, 0.717) is 5.56 Å². The highest BCUT2D eigenvalue weighted by molar-refractivity contribution is 5.74. The average Bonchev–Trinajstić information content (AvgIpc) is 2.64. The average molecular weight is 356 g/mol. The van der Waals surface area contributed by atoms with Crippen LogP contribution in [0.25, 0.3) is 0 Å². The lowest BCUT2D eigenvalue weighted by molar-refractivity contribution is 0.186. The number of nitrogens with one attached hydrogen (secondary N) is 2. The van der Waals surface area contributed by atoms with Gasteiger partial charge in [-0.25, -0.2) is 9.18 Å². The topological polar surface area (TPSA) is 57.3 Å². The standard InChI is InChI=1S/C20H25FN4O/c1-15(18-4-2-3-5-19(18)21)23-20(26)24-17-8-12-25(13-9-17)14-16-6-10-22-11-7-16/h2-7,10-11,15,17H,8-9,12-14H2,1H3,(H2,23,24,26)/t15-/m0/s1. The Morgan fingerprint density at radius 1 is 1.23 bits per heavy atom. The quantitative estimate of drug-likeness (QED) is 0.865. The van der Waals surface area contributed by atoms with Crippen LogP contribution >= 0.6 is 0 Å². The smallest absolute Gasteiger partial charge is 0.315 e. The van der Waals surface area contributed by atoms with Crippen LogP contribution in [0.2, 0.25) is 0 Å². The summed E-state index contributed by atoms with van der Waals surface area (Å²) in [5.74, 6) is -0.301. The van der Waals surface area contributed by atoms with Gasteiger partial charge in [-0.3, -0.25) is 9.88 Å². The Kier molecular flexibility index (Phi) is 6.17. The summed E-state index contributed by atoms with van der Waals surface area (Å²) in [7, 11) is 0. The van der Waals surface area contributed by atoms with Gasteiger partial charge in [-0.15, -0.1) is 0 Å². The zero-order chi connectivity index (χ0) is 18.4. The minimum absolute atomic E-state index is 0.150. The van der Waals surface area contributed by atoms with E-state index in [9.17, 15) is 9.18 Å². The first kappa shape index (κ1) is 18.3. The van der Waals surface area contributed by atoms with Gasteiger partial charge < -0.3 is 10.6 Å². The third kappa shape index (κ3) is 5.02. The van der Waals surface area contributed by atoms with Crippen LogP contribution in [0.15, 0.2) is 48.8 Å². The molecule has 0 spiro atoms. The maximum atomic E-state index is 13.8. The van der Waals surface area contributed by atoms with Crippen molar-refractivity contribution in [2.45, 2.75) is 38.4 Å². The van der Waals surface area contributed by atoms with E-state index in [0.717, 1.165) is 32.5 Å². The van der Waals surface area contributed by atoms with Crippen molar-refractivity contribution in [3.8, 4) is 0 Å². The largest absolute Gasteiger partial charge is 0.335 e. The van der Waals surface area contributed by atoms with Crippen LogP contribution in [-0.2, 0) is 6.54 Å². The second-order valence-electron chi connectivity index (χ2n) is 6.77. The van der Waals surface area contributed by atoms with Crippen molar-refractivity contribution in [1.82, 2.24) is 20.5 Å². The summed E-state index contributed by atoms with van der Waals surface area (Å²) >= 11 is 0. The molecule has 2 amide bonds. The highest BCUT2D eigenvalue weighted by Gasteiger charge is 2.21. The highest BCUT2D eigenvalue weighted by Crippen LogP contribution is 2.17. The summed E-state index contributed by atoms with van der Waals surface area (Å²) in [6, 6.07) is 10.1. The van der Waals surface area contributed by atoms with Crippen LogP contribution in [0.3, 0.4) is 0 Å². The van der Waals surface area contributed by atoms with Gasteiger partial charge in [0, 0.05) is 43.6 Å². The van der Waals surface area contributed by atoms with Crippen molar-refractivity contribution in [1.29, 1.82) is 0 Å². The number of pyridine rings is 1. The van der Waals surface area contributed by atoms with Crippen LogP contribution in [0.1, 0.15) is 36.9 Å². The number of likely N-dealkylation sites (tertiary alicyclic amines) is 1. The lowest BCUT2D eigenvalue weighted by Crippen LogP contribution is -2.48. The Balaban J connectivity index is 1.43. The second-order valence-corrected chi connectivity index (χ2v) is 6.77. The molecule has 0 saturated carbocycles. The van der Waals surface area contributed by atoms with E-state index in [1.807, 2.05) is 24.5 Å². The van der Waals surface area contributed by atoms with Gasteiger partial charge in [0.25, 0.3) is 0 Å². The molecule has 138 valence electrons. The van der Waals surface area contributed by atoms with Crippen LogP contribution in [0, 0.1) is 5.82 Å². The van der Waals surface area contributed by atoms with Crippen molar-refractivity contribution in [2.24, 2.45) is 0 Å². The van der Waals surface area contributed by atoms with Crippen molar-refractivity contribution in [3.63, 3.8) is 0 Å². The maximum absolute atomic E-state index is 13.8. The highest BCUT2D eigenvalue weighted by atomic mass is 19.1. The third-order valence-corrected chi connectivity index (χ3v) is 4.80. The van der Waals surface area contributed by atoms with Crippen LogP contribution in [0.4, 0.5) is 9.18 Å². The normalized spacial score (nSPS) is 16.8. The van der Waals surface area contributed by atoms with E-state index in [2.05, 4.69) is 20.5 Å². The van der Waals surface area contributed by atoms with E-state index >= 15 is 0 Å². The molecule has 2 aromatic rings. The zero-order valence-electron chi connectivity index (χ0n) is 15.0. The minimum Gasteiger partial charge on any atom is -0.335 e. The number of benzene rings is 1. The number of urea groups is 1. The molecule has 26 heavy (non-hydrogen) atoms. The molecule has 2 N–H and O–H groups in total. The van der Waals surface area contributed by atoms with Crippen molar-refractivity contribution in [3.05, 3.63) is 65.7 Å². The number of amides is 2. The van der Waals surface area contributed by atoms with Crippen LogP contribution < -0.4 is 10.6 Å². The van der Waals surface area contributed by atoms with E-state index in [1.165, 1.54) is 11.6 Å². The fourth-order valence-corrected chi connectivity index (χ4v) is 3.31. The van der Waals surface area contributed by atoms with Crippen molar-refractivity contribution >= 4 is 6.03 Å². The number of aromatic nitrogens is 1. The second kappa shape index (κ2) is 8.76. The zero-order valence-corrected chi connectivity index (χ0v) is 15.0. The van der Waals surface area contributed by atoms with E-state index < -0.39 is 0 Å². The molecular weight excluding hydrogens is 331 g/mol. The number of hydrogen-bond donors (Lipinski definition) is 2. The summed E-state index contributed by atoms with van der Waals surface area (Å²) in [6.45, 7) is 4.58. The van der Waals surface area contributed by atoms with Gasteiger partial charge in [-0.2, -0.15) is 0 Å². The first-order chi connectivity index (χ1) is 12.6. The SMILES string of the molecule is C[C@H](NC(=O)NC1CCN(Cc2ccncc2)CC1)c1ccccc1F. The lowest BCUT2D eigenvalue weighted by Gasteiger charge is -2.32. The molecule has 1 aromatic heterocycles. The molecule has 3 rings (SSSR count). The summed E-state index contributed by atoms with van der Waals surface area (Å²) in [4.78, 5) is 18.6. The Bertz CT molecular complexity index is 717. The van der Waals surface area contributed by atoms with Gasteiger partial charge in [-0.1, -0.05) is 18.2 Å². The van der Waals surface area contributed by atoms with Gasteiger partial charge in [0.05, 0.1) is 6.04 Å². The molecule has 1 aromatic carbocycles. The Labute approximate surface area is 153 Å². The molecule has 5 nitrogen and oxygen atoms in total. The van der Waals surface area contributed by atoms with Gasteiger partial charge in [-0.05, 0) is 43.5 Å². The molecule has 1 atom stereocenters.